The van der Waals surface area contributed by atoms with Gasteiger partial charge in [-0.3, -0.25) is 9.13 Å². The fraction of sp³-hybridized carbons (Fsp3) is 0.545. The molecular weight excluding hydrogens is 548 g/mol. The van der Waals surface area contributed by atoms with Gasteiger partial charge in [0.25, 0.3) is 0 Å². The Labute approximate surface area is 230 Å². The van der Waals surface area contributed by atoms with Gasteiger partial charge < -0.3 is 56.3 Å². The molecule has 2 aliphatic heterocycles. The van der Waals surface area contributed by atoms with E-state index in [4.69, 9.17) is 30.5 Å². The van der Waals surface area contributed by atoms with Crippen LogP contribution in [0.2, 0.25) is 0 Å². The first-order valence-corrected chi connectivity index (χ1v) is 12.5. The van der Waals surface area contributed by atoms with Gasteiger partial charge in [-0.05, 0) is 0 Å². The summed E-state index contributed by atoms with van der Waals surface area (Å²) in [5.41, 5.74) is 7.30. The Hall–Kier alpha value is -3.66. The molecule has 0 radical (unpaired) electrons. The average Bonchev–Trinajstić information content (AvgIpc) is 3.74. The second kappa shape index (κ2) is 12.1. The Bertz CT molecular complexity index is 1470. The lowest BCUT2D eigenvalue weighted by Crippen LogP contribution is -2.33. The monoisotopic (exact) mass is 578 g/mol. The van der Waals surface area contributed by atoms with E-state index >= 15 is 0 Å². The van der Waals surface area contributed by atoms with E-state index in [9.17, 15) is 20.4 Å². The molecule has 0 spiro atoms. The second-order valence-corrected chi connectivity index (χ2v) is 9.24. The van der Waals surface area contributed by atoms with E-state index < -0.39 is 62.3 Å². The Morgan fingerprint density at radius 1 is 0.707 bits per heavy atom. The zero-order valence-corrected chi connectivity index (χ0v) is 21.4. The zero-order valence-electron chi connectivity index (χ0n) is 21.4. The summed E-state index contributed by atoms with van der Waals surface area (Å²) in [6.45, 7) is -0.536. The van der Waals surface area contributed by atoms with Crippen molar-refractivity contribution in [1.82, 2.24) is 39.0 Å². The van der Waals surface area contributed by atoms with Gasteiger partial charge in [-0.15, -0.1) is 0 Å². The number of nitrogens with two attached hydrogens (primary N) is 1. The number of hydrogen-bond acceptors (Lipinski definition) is 17. The third-order valence-electron chi connectivity index (χ3n) is 6.73. The molecule has 8 atom stereocenters. The van der Waals surface area contributed by atoms with Gasteiger partial charge in [0, 0.05) is 6.54 Å². The summed E-state index contributed by atoms with van der Waals surface area (Å²) >= 11 is 0. The molecule has 0 bridgehead atoms. The van der Waals surface area contributed by atoms with Crippen LogP contribution in [0, 0.1) is 0 Å². The first-order chi connectivity index (χ1) is 19.8. The SMILES string of the molecule is Nc1ncnc2c1ncn2[C@@H]1O[C@H](CO)[C@@H](O)[C@H]1O.OCCNc1ncnc2c1ncn2[C@@H]1O[C@H](CO)[C@@H](O)[C@H]1O. The van der Waals surface area contributed by atoms with Crippen LogP contribution in [0.25, 0.3) is 22.3 Å². The van der Waals surface area contributed by atoms with E-state index in [-0.39, 0.29) is 12.4 Å². The fourth-order valence-electron chi connectivity index (χ4n) is 4.62. The summed E-state index contributed by atoms with van der Waals surface area (Å²) in [6.07, 6.45) is -2.86. The number of nitrogens with zero attached hydrogens (tertiary/aromatic N) is 8. The predicted molar refractivity (Wildman–Crippen MR) is 137 cm³/mol. The summed E-state index contributed by atoms with van der Waals surface area (Å²) in [6, 6.07) is 0. The van der Waals surface area contributed by atoms with Gasteiger partial charge in [0.2, 0.25) is 0 Å². The van der Waals surface area contributed by atoms with Gasteiger partial charge in [-0.2, -0.15) is 0 Å². The van der Waals surface area contributed by atoms with Crippen molar-refractivity contribution in [2.24, 2.45) is 0 Å². The normalized spacial score (nSPS) is 29.6. The molecule has 0 aromatic carbocycles. The maximum atomic E-state index is 10.1. The maximum Gasteiger partial charge on any atom is 0.167 e. The van der Waals surface area contributed by atoms with E-state index in [2.05, 4.69) is 35.2 Å². The third-order valence-corrected chi connectivity index (χ3v) is 6.73. The molecule has 0 unspecified atom stereocenters. The van der Waals surface area contributed by atoms with Crippen molar-refractivity contribution in [1.29, 1.82) is 0 Å². The topological polar surface area (TPSA) is 285 Å². The zero-order chi connectivity index (χ0) is 29.3. The van der Waals surface area contributed by atoms with Crippen LogP contribution in [0.3, 0.4) is 0 Å². The molecule has 0 amide bonds. The van der Waals surface area contributed by atoms with Crippen molar-refractivity contribution in [3.05, 3.63) is 25.3 Å². The van der Waals surface area contributed by atoms with E-state index in [1.54, 1.807) is 0 Å². The molecule has 0 aliphatic carbocycles. The highest BCUT2D eigenvalue weighted by molar-refractivity contribution is 5.83. The number of imidazole rings is 2. The highest BCUT2D eigenvalue weighted by atomic mass is 16.6. The molecule has 2 fully saturated rings. The number of aliphatic hydroxyl groups is 7. The van der Waals surface area contributed by atoms with Crippen molar-refractivity contribution >= 4 is 34.0 Å². The molecule has 222 valence electrons. The first kappa shape index (κ1) is 28.9. The lowest BCUT2D eigenvalue weighted by atomic mass is 10.1. The predicted octanol–water partition coefficient (Wildman–Crippen LogP) is -4.14. The van der Waals surface area contributed by atoms with Crippen LogP contribution in [-0.2, 0) is 9.47 Å². The van der Waals surface area contributed by atoms with Crippen molar-refractivity contribution in [3.8, 4) is 0 Å². The molecule has 19 heteroatoms. The summed E-state index contributed by atoms with van der Waals surface area (Å²) in [5, 5.41) is 69.6. The van der Waals surface area contributed by atoms with Gasteiger partial charge >= 0.3 is 0 Å². The molecule has 6 heterocycles. The summed E-state index contributed by atoms with van der Waals surface area (Å²) in [5.74, 6) is 0.667. The molecule has 41 heavy (non-hydrogen) atoms. The van der Waals surface area contributed by atoms with Gasteiger partial charge in [0.05, 0.1) is 32.5 Å². The second-order valence-electron chi connectivity index (χ2n) is 9.24. The van der Waals surface area contributed by atoms with Crippen LogP contribution in [0.1, 0.15) is 12.5 Å². The number of anilines is 2. The number of aliphatic hydroxyl groups excluding tert-OH is 7. The highest BCUT2D eigenvalue weighted by Gasteiger charge is 2.45. The largest absolute Gasteiger partial charge is 0.395 e. The first-order valence-electron chi connectivity index (χ1n) is 12.5. The Balaban J connectivity index is 0.000000166. The number of aromatic nitrogens is 8. The molecule has 4 aromatic heterocycles. The lowest BCUT2D eigenvalue weighted by molar-refractivity contribution is -0.0511. The summed E-state index contributed by atoms with van der Waals surface area (Å²) < 4.78 is 13.8. The molecule has 0 saturated carbocycles. The van der Waals surface area contributed by atoms with Gasteiger partial charge in [0.1, 0.15) is 54.8 Å². The number of fused-ring (bicyclic) bond motifs is 2. The van der Waals surface area contributed by atoms with Gasteiger partial charge in [-0.25, -0.2) is 29.9 Å². The van der Waals surface area contributed by atoms with E-state index in [0.29, 0.717) is 34.7 Å². The molecule has 2 saturated heterocycles. The Morgan fingerprint density at radius 3 is 1.73 bits per heavy atom. The molecule has 10 N–H and O–H groups in total. The number of hydrogen-bond donors (Lipinski definition) is 9. The van der Waals surface area contributed by atoms with Gasteiger partial charge in [0.15, 0.2) is 40.9 Å². The van der Waals surface area contributed by atoms with Crippen LogP contribution in [0.4, 0.5) is 11.6 Å². The Kier molecular flexibility index (Phi) is 8.49. The molecule has 19 nitrogen and oxygen atoms in total. The van der Waals surface area contributed by atoms with Crippen LogP contribution in [-0.4, -0.2) is 138 Å². The average molecular weight is 579 g/mol. The number of nitrogen functional groups attached to an aromatic ring is 1. The fourth-order valence-corrected chi connectivity index (χ4v) is 4.62. The van der Waals surface area contributed by atoms with Crippen LogP contribution >= 0.6 is 0 Å². The van der Waals surface area contributed by atoms with Crippen LogP contribution < -0.4 is 11.1 Å². The van der Waals surface area contributed by atoms with Crippen molar-refractivity contribution in [2.45, 2.75) is 49.1 Å². The van der Waals surface area contributed by atoms with E-state index in [0.717, 1.165) is 0 Å². The van der Waals surface area contributed by atoms with Crippen LogP contribution in [0.15, 0.2) is 25.3 Å². The maximum absolute atomic E-state index is 10.1. The quantitative estimate of drug-likeness (QED) is 0.101. The molecule has 6 rings (SSSR count). The van der Waals surface area contributed by atoms with E-state index in [1.807, 2.05) is 0 Å². The molecule has 4 aromatic rings. The smallest absolute Gasteiger partial charge is 0.167 e. The van der Waals surface area contributed by atoms with Crippen LogP contribution in [0.5, 0.6) is 0 Å². The summed E-state index contributed by atoms with van der Waals surface area (Å²) in [4.78, 5) is 24.2. The van der Waals surface area contributed by atoms with E-state index in [1.165, 1.54) is 34.4 Å². The summed E-state index contributed by atoms with van der Waals surface area (Å²) in [7, 11) is 0. The molecule has 2 aliphatic rings. The minimum absolute atomic E-state index is 0.0545. The third kappa shape index (κ3) is 5.25. The van der Waals surface area contributed by atoms with Gasteiger partial charge in [-0.1, -0.05) is 0 Å². The lowest BCUT2D eigenvalue weighted by Gasteiger charge is -2.16. The standard InChI is InChI=1S/C12H17N5O5.C10H13N5O4/c18-2-1-13-10-7-11(15-4-14-10)17(5-16-7)12-9(21)8(20)6(3-19)22-12;11-8-5-9(13-2-12-8)15(3-14-5)10-7(18)6(17)4(1-16)19-10/h4-6,8-9,12,18-21H,1-3H2,(H,13,14,15);2-4,6-7,10,16-18H,1H2,(H2,11,12,13)/t6-,8-,9-,12-;4-,6-,7-,10-/m11/s1. The van der Waals surface area contributed by atoms with Crippen molar-refractivity contribution in [2.75, 3.05) is 37.4 Å². The minimum atomic E-state index is -1.21. The van der Waals surface area contributed by atoms with Crippen molar-refractivity contribution < 1.29 is 45.2 Å². The number of rotatable bonds is 7. The molecular formula is C22H30N10O9. The van der Waals surface area contributed by atoms with Crippen molar-refractivity contribution in [3.63, 3.8) is 0 Å². The number of ether oxygens (including phenoxy) is 2. The number of nitrogens with one attached hydrogen (secondary N) is 1. The highest BCUT2D eigenvalue weighted by Crippen LogP contribution is 2.33. The minimum Gasteiger partial charge on any atom is -0.395 e. The Morgan fingerprint density at radius 2 is 1.22 bits per heavy atom.